The second-order valence-electron chi connectivity index (χ2n) is 3.34. The maximum atomic E-state index is 5.34. The van der Waals surface area contributed by atoms with Gasteiger partial charge in [-0.25, -0.2) is 9.97 Å². The van der Waals surface area contributed by atoms with Crippen molar-refractivity contribution in [1.29, 1.82) is 0 Å². The van der Waals surface area contributed by atoms with E-state index in [-0.39, 0.29) is 0 Å². The maximum absolute atomic E-state index is 5.34. The van der Waals surface area contributed by atoms with Gasteiger partial charge in [-0.3, -0.25) is 0 Å². The first kappa shape index (κ1) is 11.8. The predicted molar refractivity (Wildman–Crippen MR) is 61.4 cm³/mol. The Morgan fingerprint density at radius 1 is 1.33 bits per heavy atom. The molecule has 84 valence electrons. The van der Waals surface area contributed by atoms with Crippen LogP contribution in [0.5, 0.6) is 5.75 Å². The van der Waals surface area contributed by atoms with E-state index in [0.717, 1.165) is 43.1 Å². The molecule has 0 unspecified atom stereocenters. The van der Waals surface area contributed by atoms with Crippen molar-refractivity contribution in [3.8, 4) is 5.75 Å². The van der Waals surface area contributed by atoms with Crippen LogP contribution in [0, 0.1) is 0 Å². The van der Waals surface area contributed by atoms with Crippen LogP contribution in [0.25, 0.3) is 0 Å². The van der Waals surface area contributed by atoms with Gasteiger partial charge in [-0.1, -0.05) is 13.3 Å². The Bertz CT molecular complexity index is 302. The van der Waals surface area contributed by atoms with Gasteiger partial charge in [0.15, 0.2) is 11.6 Å². The van der Waals surface area contributed by atoms with Crippen LogP contribution in [0.3, 0.4) is 0 Å². The Hall–Kier alpha value is -1.32. The molecule has 0 fully saturated rings. The van der Waals surface area contributed by atoms with Crippen LogP contribution in [0.1, 0.15) is 32.4 Å². The van der Waals surface area contributed by atoms with Gasteiger partial charge in [0.1, 0.15) is 6.33 Å². The molecule has 1 N–H and O–H groups in total. The third-order valence-electron chi connectivity index (χ3n) is 2.19. The molecule has 1 rings (SSSR count). The van der Waals surface area contributed by atoms with Gasteiger partial charge < -0.3 is 10.1 Å². The number of nitrogens with zero attached hydrogens (tertiary/aromatic N) is 2. The van der Waals surface area contributed by atoms with Gasteiger partial charge in [0.25, 0.3) is 0 Å². The summed E-state index contributed by atoms with van der Waals surface area (Å²) in [6.07, 6.45) is 4.81. The van der Waals surface area contributed by atoms with Gasteiger partial charge in [-0.05, 0) is 19.8 Å². The Morgan fingerprint density at radius 2 is 2.13 bits per heavy atom. The molecule has 0 saturated carbocycles. The Labute approximate surface area is 91.1 Å². The van der Waals surface area contributed by atoms with Crippen LogP contribution in [0.15, 0.2) is 6.33 Å². The zero-order valence-electron chi connectivity index (χ0n) is 9.71. The van der Waals surface area contributed by atoms with E-state index in [4.69, 9.17) is 4.74 Å². The van der Waals surface area contributed by atoms with Gasteiger partial charge in [0, 0.05) is 6.54 Å². The molecule has 0 aliphatic rings. The quantitative estimate of drug-likeness (QED) is 0.780. The Morgan fingerprint density at radius 3 is 2.73 bits per heavy atom. The largest absolute Gasteiger partial charge is 0.491 e. The molecule has 4 nitrogen and oxygen atoms in total. The van der Waals surface area contributed by atoms with Gasteiger partial charge in [-0.15, -0.1) is 0 Å². The number of aromatic nitrogens is 2. The fraction of sp³-hybridized carbons (Fsp3) is 0.636. The lowest BCUT2D eigenvalue weighted by Crippen LogP contribution is -2.05. The van der Waals surface area contributed by atoms with Crippen molar-refractivity contribution in [3.63, 3.8) is 0 Å². The summed E-state index contributed by atoms with van der Waals surface area (Å²) >= 11 is 0. The smallest absolute Gasteiger partial charge is 0.182 e. The fourth-order valence-corrected chi connectivity index (χ4v) is 1.44. The topological polar surface area (TPSA) is 47.0 Å². The molecule has 0 saturated heterocycles. The maximum Gasteiger partial charge on any atom is 0.182 e. The lowest BCUT2D eigenvalue weighted by Gasteiger charge is -2.11. The summed E-state index contributed by atoms with van der Waals surface area (Å²) in [4.78, 5) is 8.41. The first-order valence-electron chi connectivity index (χ1n) is 5.45. The first-order chi connectivity index (χ1) is 7.33. The van der Waals surface area contributed by atoms with Gasteiger partial charge in [0.2, 0.25) is 0 Å². The summed E-state index contributed by atoms with van der Waals surface area (Å²) in [5, 5.41) is 3.17. The minimum atomic E-state index is 0.785. The average Bonchev–Trinajstić information content (AvgIpc) is 2.27. The normalized spacial score (nSPS) is 10.1. The van der Waals surface area contributed by atoms with Crippen molar-refractivity contribution < 1.29 is 4.74 Å². The molecular formula is C11H19N3O. The third-order valence-corrected chi connectivity index (χ3v) is 2.19. The minimum absolute atomic E-state index is 0.785. The van der Waals surface area contributed by atoms with Crippen LogP contribution in [0.2, 0.25) is 0 Å². The number of unbranched alkanes of at least 4 members (excludes halogenated alkanes) is 1. The van der Waals surface area contributed by atoms with Crippen LogP contribution in [-0.2, 0) is 6.42 Å². The zero-order chi connectivity index (χ0) is 11.1. The summed E-state index contributed by atoms with van der Waals surface area (Å²) in [6, 6.07) is 0. The van der Waals surface area contributed by atoms with Crippen LogP contribution in [0.4, 0.5) is 5.82 Å². The van der Waals surface area contributed by atoms with Gasteiger partial charge >= 0.3 is 0 Å². The molecule has 0 aromatic carbocycles. The molecule has 1 aromatic heterocycles. The Balaban J connectivity index is 2.88. The first-order valence-corrected chi connectivity index (χ1v) is 5.45. The lowest BCUT2D eigenvalue weighted by atomic mass is 10.2. The number of ether oxygens (including phenoxy) is 1. The molecule has 0 aliphatic heterocycles. The van der Waals surface area contributed by atoms with E-state index in [2.05, 4.69) is 22.2 Å². The number of hydrogen-bond acceptors (Lipinski definition) is 4. The van der Waals surface area contributed by atoms with E-state index < -0.39 is 0 Å². The molecule has 0 radical (unpaired) electrons. The second kappa shape index (κ2) is 6.22. The number of anilines is 1. The van der Waals surface area contributed by atoms with Crippen molar-refractivity contribution >= 4 is 5.82 Å². The highest BCUT2D eigenvalue weighted by Gasteiger charge is 2.10. The molecule has 0 atom stereocenters. The summed E-state index contributed by atoms with van der Waals surface area (Å²) in [6.45, 7) is 5.03. The zero-order valence-corrected chi connectivity index (χ0v) is 9.71. The van der Waals surface area contributed by atoms with E-state index in [9.17, 15) is 0 Å². The number of methoxy groups -OCH3 is 1. The molecule has 1 heterocycles. The van der Waals surface area contributed by atoms with Crippen molar-refractivity contribution in [2.45, 2.75) is 33.1 Å². The number of aryl methyl sites for hydroxylation is 1. The molecule has 0 aliphatic carbocycles. The molecule has 0 amide bonds. The van der Waals surface area contributed by atoms with Crippen molar-refractivity contribution in [2.24, 2.45) is 0 Å². The van der Waals surface area contributed by atoms with Crippen molar-refractivity contribution in [3.05, 3.63) is 12.0 Å². The molecule has 1 aromatic rings. The van der Waals surface area contributed by atoms with E-state index in [1.807, 2.05) is 6.92 Å². The molecular weight excluding hydrogens is 190 g/mol. The van der Waals surface area contributed by atoms with Crippen LogP contribution in [-0.4, -0.2) is 23.6 Å². The van der Waals surface area contributed by atoms with E-state index >= 15 is 0 Å². The number of hydrogen-bond donors (Lipinski definition) is 1. The van der Waals surface area contributed by atoms with Crippen molar-refractivity contribution in [1.82, 2.24) is 9.97 Å². The number of nitrogens with one attached hydrogen (secondary N) is 1. The second-order valence-corrected chi connectivity index (χ2v) is 3.34. The molecule has 4 heteroatoms. The summed E-state index contributed by atoms with van der Waals surface area (Å²) in [7, 11) is 1.66. The standard InChI is InChI=1S/C11H19N3O/c1-4-6-7-9-10(15-3)11(12-5-2)14-8-13-9/h8H,4-7H2,1-3H3,(H,12,13,14). The summed E-state index contributed by atoms with van der Waals surface area (Å²) in [5.41, 5.74) is 0.991. The van der Waals surface area contributed by atoms with E-state index in [1.165, 1.54) is 0 Å². The molecule has 0 spiro atoms. The average molecular weight is 209 g/mol. The highest BCUT2D eigenvalue weighted by atomic mass is 16.5. The van der Waals surface area contributed by atoms with Crippen LogP contribution >= 0.6 is 0 Å². The van der Waals surface area contributed by atoms with E-state index in [0.29, 0.717) is 0 Å². The SMILES string of the molecule is CCCCc1ncnc(NCC)c1OC. The summed E-state index contributed by atoms with van der Waals surface area (Å²) < 4.78 is 5.34. The highest BCUT2D eigenvalue weighted by molar-refractivity contribution is 5.51. The van der Waals surface area contributed by atoms with E-state index in [1.54, 1.807) is 13.4 Å². The predicted octanol–water partition coefficient (Wildman–Crippen LogP) is 2.26. The van der Waals surface area contributed by atoms with Crippen LogP contribution < -0.4 is 10.1 Å². The third kappa shape index (κ3) is 3.08. The molecule has 15 heavy (non-hydrogen) atoms. The summed E-state index contributed by atoms with van der Waals surface area (Å²) in [5.74, 6) is 1.58. The van der Waals surface area contributed by atoms with Crippen molar-refractivity contribution in [2.75, 3.05) is 19.0 Å². The molecule has 0 bridgehead atoms. The van der Waals surface area contributed by atoms with Gasteiger partial charge in [0.05, 0.1) is 12.8 Å². The highest BCUT2D eigenvalue weighted by Crippen LogP contribution is 2.25. The fourth-order valence-electron chi connectivity index (χ4n) is 1.44. The lowest BCUT2D eigenvalue weighted by molar-refractivity contribution is 0.405. The number of rotatable bonds is 6. The monoisotopic (exact) mass is 209 g/mol. The minimum Gasteiger partial charge on any atom is -0.491 e. The van der Waals surface area contributed by atoms with Gasteiger partial charge in [-0.2, -0.15) is 0 Å². The Kier molecular flexibility index (Phi) is 4.87.